The van der Waals surface area contributed by atoms with Crippen LogP contribution in [-0.2, 0) is 16.1 Å². The smallest absolute Gasteiger partial charge is 0.337 e. The minimum atomic E-state index is -1.17. The van der Waals surface area contributed by atoms with Gasteiger partial charge in [-0.3, -0.25) is 5.43 Å². The van der Waals surface area contributed by atoms with Crippen LogP contribution < -0.4 is 35.0 Å². The summed E-state index contributed by atoms with van der Waals surface area (Å²) in [6, 6.07) is 21.8. The minimum absolute atomic E-state index is 0.165. The second-order valence-corrected chi connectivity index (χ2v) is 11.8. The quantitative estimate of drug-likeness (QED) is 0.0554. The fourth-order valence-electron chi connectivity index (χ4n) is 5.26. The molecule has 0 radical (unpaired) electrons. The lowest BCUT2D eigenvalue weighted by Crippen LogP contribution is -2.45. The number of halogens is 1. The fourth-order valence-corrected chi connectivity index (χ4v) is 5.83. The number of urea groups is 1. The molecule has 0 saturated carbocycles. The van der Waals surface area contributed by atoms with E-state index in [0.717, 1.165) is 16.3 Å². The van der Waals surface area contributed by atoms with Crippen LogP contribution in [0.15, 0.2) is 93.6 Å². The maximum atomic E-state index is 12.5. The number of methoxy groups -OCH3 is 2. The third kappa shape index (κ3) is 8.61. The molecule has 1 aliphatic rings. The number of allylic oxidation sites excluding steroid dienone is 1. The molecule has 0 bridgehead atoms. The van der Waals surface area contributed by atoms with Crippen molar-refractivity contribution < 1.29 is 38.4 Å². The van der Waals surface area contributed by atoms with Crippen molar-refractivity contribution in [2.75, 3.05) is 27.4 Å². The summed E-state index contributed by atoms with van der Waals surface area (Å²) in [5.41, 5.74) is 5.60. The number of aliphatic hydroxyl groups excluding tert-OH is 1. The van der Waals surface area contributed by atoms with Crippen molar-refractivity contribution in [2.24, 2.45) is 5.10 Å². The van der Waals surface area contributed by atoms with Crippen molar-refractivity contribution in [3.8, 4) is 23.0 Å². The molecule has 0 aromatic heterocycles. The minimum Gasteiger partial charge on any atom is -0.493 e. The standard InChI is InChI=1S/C36H37BrN4O8/c1-5-47-29-17-26(33-32(35(43)46-4)21(2)39-36(44)40-33)12-13-28(29)48-20-31(42)41-38-18-23-15-27(37)34(30(16-23)45-3)49-19-22-10-11-24-8-6-7-9-25(24)14-22/h6-18,31,33,41-42H,5,19-20H2,1-4H3,(H2,39,40,44)/b38-18-/t31-,33+/m1/s1. The molecule has 0 saturated heterocycles. The molecule has 256 valence electrons. The first kappa shape index (κ1) is 35.0. The molecule has 0 aliphatic carbocycles. The number of benzene rings is 4. The number of nitrogens with one attached hydrogen (secondary N) is 3. The number of carbonyl (C=O) groups is 2. The van der Waals surface area contributed by atoms with E-state index in [0.29, 0.717) is 57.5 Å². The van der Waals surface area contributed by atoms with Crippen LogP contribution in [0.4, 0.5) is 4.79 Å². The molecule has 0 fully saturated rings. The van der Waals surface area contributed by atoms with Crippen molar-refractivity contribution in [3.05, 3.63) is 105 Å². The van der Waals surface area contributed by atoms with Crippen molar-refractivity contribution in [3.63, 3.8) is 0 Å². The summed E-state index contributed by atoms with van der Waals surface area (Å²) in [7, 11) is 2.84. The molecule has 13 heteroatoms. The normalized spacial score (nSPS) is 15.0. The van der Waals surface area contributed by atoms with Crippen LogP contribution >= 0.6 is 15.9 Å². The van der Waals surface area contributed by atoms with Gasteiger partial charge in [0.2, 0.25) is 0 Å². The Kier molecular flexibility index (Phi) is 11.6. The van der Waals surface area contributed by atoms with Gasteiger partial charge in [0, 0.05) is 5.70 Å². The molecule has 4 aromatic carbocycles. The Morgan fingerprint density at radius 2 is 1.80 bits per heavy atom. The Labute approximate surface area is 292 Å². The number of ether oxygens (including phenoxy) is 5. The van der Waals surface area contributed by atoms with E-state index < -0.39 is 24.3 Å². The topological polar surface area (TPSA) is 149 Å². The highest BCUT2D eigenvalue weighted by Crippen LogP contribution is 2.37. The number of fused-ring (bicyclic) bond motifs is 1. The first-order chi connectivity index (χ1) is 23.7. The Hall–Kier alpha value is -5.27. The van der Waals surface area contributed by atoms with E-state index >= 15 is 0 Å². The van der Waals surface area contributed by atoms with Gasteiger partial charge < -0.3 is 39.4 Å². The van der Waals surface area contributed by atoms with Crippen molar-refractivity contribution >= 4 is 44.9 Å². The van der Waals surface area contributed by atoms with Gasteiger partial charge in [-0.1, -0.05) is 42.5 Å². The molecular weight excluding hydrogens is 696 g/mol. The fraction of sp³-hybridized carbons (Fsp3) is 0.250. The molecule has 2 atom stereocenters. The highest BCUT2D eigenvalue weighted by molar-refractivity contribution is 9.10. The summed E-state index contributed by atoms with van der Waals surface area (Å²) in [5.74, 6) is 1.21. The summed E-state index contributed by atoms with van der Waals surface area (Å²) in [6.45, 7) is 3.96. The van der Waals surface area contributed by atoms with E-state index in [4.69, 9.17) is 23.7 Å². The van der Waals surface area contributed by atoms with Gasteiger partial charge in [0.05, 0.1) is 43.1 Å². The number of nitrogens with zero attached hydrogens (tertiary/aromatic N) is 1. The molecule has 49 heavy (non-hydrogen) atoms. The molecule has 4 N–H and O–H groups in total. The Balaban J connectivity index is 1.20. The van der Waals surface area contributed by atoms with Crippen LogP contribution in [0.5, 0.6) is 23.0 Å². The number of hydrogen-bond acceptors (Lipinski definition) is 10. The van der Waals surface area contributed by atoms with Crippen LogP contribution in [0.1, 0.15) is 36.6 Å². The average molecular weight is 734 g/mol. The largest absolute Gasteiger partial charge is 0.493 e. The zero-order valence-electron chi connectivity index (χ0n) is 27.4. The number of rotatable bonds is 14. The van der Waals surface area contributed by atoms with Crippen molar-refractivity contribution in [1.29, 1.82) is 0 Å². The lowest BCUT2D eigenvalue weighted by atomic mass is 9.95. The van der Waals surface area contributed by atoms with Gasteiger partial charge in [-0.25, -0.2) is 9.59 Å². The van der Waals surface area contributed by atoms with Gasteiger partial charge in [-0.15, -0.1) is 0 Å². The Morgan fingerprint density at radius 3 is 2.55 bits per heavy atom. The van der Waals surface area contributed by atoms with Crippen LogP contribution in [0, 0.1) is 0 Å². The highest BCUT2D eigenvalue weighted by Gasteiger charge is 2.32. The Bertz CT molecular complexity index is 1900. The number of esters is 1. The number of hydrogen-bond donors (Lipinski definition) is 4. The average Bonchev–Trinajstić information content (AvgIpc) is 3.09. The van der Waals surface area contributed by atoms with Gasteiger partial charge in [0.15, 0.2) is 29.2 Å². The van der Waals surface area contributed by atoms with Crippen LogP contribution in [-0.4, -0.2) is 57.0 Å². The molecular formula is C36H37BrN4O8. The van der Waals surface area contributed by atoms with E-state index in [-0.39, 0.29) is 12.2 Å². The van der Waals surface area contributed by atoms with E-state index in [9.17, 15) is 14.7 Å². The Morgan fingerprint density at radius 1 is 1.00 bits per heavy atom. The molecule has 4 aromatic rings. The van der Waals surface area contributed by atoms with Gasteiger partial charge >= 0.3 is 12.0 Å². The number of hydrazone groups is 1. The van der Waals surface area contributed by atoms with Crippen LogP contribution in [0.2, 0.25) is 0 Å². The second-order valence-electron chi connectivity index (χ2n) is 10.9. The summed E-state index contributed by atoms with van der Waals surface area (Å²) in [6.07, 6.45) is 0.367. The van der Waals surface area contributed by atoms with Crippen molar-refractivity contribution in [2.45, 2.75) is 32.7 Å². The number of amides is 2. The third-order valence-corrected chi connectivity index (χ3v) is 8.15. The zero-order valence-corrected chi connectivity index (χ0v) is 29.0. The maximum absolute atomic E-state index is 12.5. The lowest BCUT2D eigenvalue weighted by Gasteiger charge is -2.28. The van der Waals surface area contributed by atoms with Gasteiger partial charge in [-0.05, 0) is 87.6 Å². The summed E-state index contributed by atoms with van der Waals surface area (Å²) >= 11 is 3.58. The predicted molar refractivity (Wildman–Crippen MR) is 188 cm³/mol. The van der Waals surface area contributed by atoms with Gasteiger partial charge in [0.1, 0.15) is 13.2 Å². The number of aliphatic hydroxyl groups is 1. The first-order valence-electron chi connectivity index (χ1n) is 15.4. The van der Waals surface area contributed by atoms with Gasteiger partial charge in [0.25, 0.3) is 0 Å². The van der Waals surface area contributed by atoms with Crippen molar-refractivity contribution in [1.82, 2.24) is 16.1 Å². The van der Waals surface area contributed by atoms with E-state index in [1.165, 1.54) is 13.3 Å². The van der Waals surface area contributed by atoms with Gasteiger partial charge in [-0.2, -0.15) is 5.10 Å². The number of carbonyl (C=O) groups excluding carboxylic acids is 2. The highest BCUT2D eigenvalue weighted by atomic mass is 79.9. The zero-order chi connectivity index (χ0) is 34.9. The molecule has 1 heterocycles. The first-order valence-corrected chi connectivity index (χ1v) is 16.2. The maximum Gasteiger partial charge on any atom is 0.337 e. The van der Waals surface area contributed by atoms with E-state index in [2.05, 4.69) is 61.4 Å². The molecule has 0 spiro atoms. The molecule has 5 rings (SSSR count). The molecule has 1 aliphatic heterocycles. The van der Waals surface area contributed by atoms with E-state index in [1.807, 2.05) is 31.2 Å². The summed E-state index contributed by atoms with van der Waals surface area (Å²) in [5, 5.41) is 22.3. The van der Waals surface area contributed by atoms with Crippen LogP contribution in [0.25, 0.3) is 10.8 Å². The molecule has 12 nitrogen and oxygen atoms in total. The monoisotopic (exact) mass is 732 g/mol. The lowest BCUT2D eigenvalue weighted by molar-refractivity contribution is -0.136. The van der Waals surface area contributed by atoms with E-state index in [1.54, 1.807) is 38.3 Å². The molecule has 0 unspecified atom stereocenters. The summed E-state index contributed by atoms with van der Waals surface area (Å²) in [4.78, 5) is 24.7. The molecule has 2 amide bonds. The SMILES string of the molecule is CCOc1cc([C@@H]2NC(=O)NC(C)=C2C(=O)OC)ccc1OC[C@@H](O)N/N=C\c1cc(Br)c(OCc2ccc3ccccc3c2)c(OC)c1. The second kappa shape index (κ2) is 16.2. The predicted octanol–water partition coefficient (Wildman–Crippen LogP) is 5.71. The summed E-state index contributed by atoms with van der Waals surface area (Å²) < 4.78 is 28.9. The third-order valence-electron chi connectivity index (χ3n) is 7.56. The van der Waals surface area contributed by atoms with Crippen LogP contribution in [0.3, 0.4) is 0 Å².